The molecular formula is C27H24N2O4S. The first-order valence-electron chi connectivity index (χ1n) is 11.2. The molecule has 3 heterocycles. The van der Waals surface area contributed by atoms with Crippen molar-refractivity contribution in [2.24, 2.45) is 5.92 Å². The summed E-state index contributed by atoms with van der Waals surface area (Å²) in [6.07, 6.45) is 3.96. The molecule has 2 aromatic carbocycles. The second-order valence-electron chi connectivity index (χ2n) is 8.78. The van der Waals surface area contributed by atoms with E-state index in [0.29, 0.717) is 13.0 Å². The number of hydrogen-bond donors (Lipinski definition) is 1. The van der Waals surface area contributed by atoms with Crippen LogP contribution in [0.3, 0.4) is 0 Å². The van der Waals surface area contributed by atoms with Crippen molar-refractivity contribution in [3.05, 3.63) is 93.2 Å². The predicted molar refractivity (Wildman–Crippen MR) is 133 cm³/mol. The van der Waals surface area contributed by atoms with Crippen molar-refractivity contribution in [2.45, 2.75) is 32.9 Å². The first-order valence-corrected chi connectivity index (χ1v) is 12.0. The third-order valence-corrected chi connectivity index (χ3v) is 7.05. The molecule has 1 N–H and O–H groups in total. The number of aromatic carboxylic acids is 1. The highest BCUT2D eigenvalue weighted by Crippen LogP contribution is 2.43. The van der Waals surface area contributed by atoms with E-state index in [2.05, 4.69) is 24.9 Å². The third kappa shape index (κ3) is 4.03. The van der Waals surface area contributed by atoms with E-state index in [-0.39, 0.29) is 17.5 Å². The highest BCUT2D eigenvalue weighted by atomic mass is 32.1. The number of aromatic nitrogens is 2. The van der Waals surface area contributed by atoms with Gasteiger partial charge in [-0.2, -0.15) is 0 Å². The van der Waals surface area contributed by atoms with Crippen molar-refractivity contribution in [3.8, 4) is 27.6 Å². The summed E-state index contributed by atoms with van der Waals surface area (Å²) < 4.78 is 8.24. The van der Waals surface area contributed by atoms with Gasteiger partial charge in [0.25, 0.3) is 0 Å². The largest absolute Gasteiger partial charge is 0.488 e. The topological polar surface area (TPSA) is 81.4 Å². The smallest absolute Gasteiger partial charge is 0.341 e. The Morgan fingerprint density at radius 2 is 2.00 bits per heavy atom. The lowest BCUT2D eigenvalue weighted by Crippen LogP contribution is -2.28. The first-order chi connectivity index (χ1) is 16.4. The van der Waals surface area contributed by atoms with E-state index in [4.69, 9.17) is 4.74 Å². The quantitative estimate of drug-likeness (QED) is 0.391. The van der Waals surface area contributed by atoms with E-state index in [1.807, 2.05) is 46.3 Å². The van der Waals surface area contributed by atoms with Crippen LogP contribution in [0.25, 0.3) is 21.8 Å². The number of carboxylic acids is 1. The first kappa shape index (κ1) is 22.1. The maximum atomic E-state index is 12.6. The summed E-state index contributed by atoms with van der Waals surface area (Å²) in [4.78, 5) is 28.8. The molecule has 4 aromatic rings. The molecule has 172 valence electrons. The molecule has 5 rings (SSSR count). The van der Waals surface area contributed by atoms with Crippen molar-refractivity contribution in [3.63, 3.8) is 0 Å². The Kier molecular flexibility index (Phi) is 5.79. The van der Waals surface area contributed by atoms with Crippen molar-refractivity contribution in [1.29, 1.82) is 0 Å². The summed E-state index contributed by atoms with van der Waals surface area (Å²) in [5.74, 6) is -0.219. The molecular weight excluding hydrogens is 448 g/mol. The van der Waals surface area contributed by atoms with E-state index in [9.17, 15) is 14.7 Å². The SMILES string of the molecule is CC(C)C1Cc2cc(OCc3ccccc3)c(-c3nccs3)cc2-c2cc(=O)c(C(=O)O)cn21. The van der Waals surface area contributed by atoms with Gasteiger partial charge in [0.2, 0.25) is 0 Å². The Hall–Kier alpha value is -3.71. The number of benzene rings is 2. The van der Waals surface area contributed by atoms with Gasteiger partial charge in [0.1, 0.15) is 22.9 Å². The van der Waals surface area contributed by atoms with Gasteiger partial charge >= 0.3 is 5.97 Å². The summed E-state index contributed by atoms with van der Waals surface area (Å²) in [6, 6.07) is 15.6. The zero-order valence-corrected chi connectivity index (χ0v) is 19.7. The minimum Gasteiger partial charge on any atom is -0.488 e. The number of fused-ring (bicyclic) bond motifs is 3. The van der Waals surface area contributed by atoms with Crippen LogP contribution in [-0.2, 0) is 13.0 Å². The van der Waals surface area contributed by atoms with Gasteiger partial charge in [0, 0.05) is 35.4 Å². The molecule has 0 aliphatic carbocycles. The molecule has 0 radical (unpaired) electrons. The maximum Gasteiger partial charge on any atom is 0.341 e. The number of carboxylic acid groups (broad SMARTS) is 1. The van der Waals surface area contributed by atoms with Crippen molar-refractivity contribution in [1.82, 2.24) is 9.55 Å². The number of carbonyl (C=O) groups is 1. The van der Waals surface area contributed by atoms with Gasteiger partial charge in [-0.15, -0.1) is 11.3 Å². The predicted octanol–water partition coefficient (Wildman–Crippen LogP) is 5.67. The Morgan fingerprint density at radius 1 is 1.21 bits per heavy atom. The average molecular weight is 473 g/mol. The molecule has 1 aliphatic rings. The summed E-state index contributed by atoms with van der Waals surface area (Å²) in [5, 5.41) is 12.3. The third-order valence-electron chi connectivity index (χ3n) is 6.25. The van der Waals surface area contributed by atoms with Crippen LogP contribution in [0.2, 0.25) is 0 Å². The van der Waals surface area contributed by atoms with Crippen LogP contribution in [0.15, 0.2) is 71.1 Å². The summed E-state index contributed by atoms with van der Waals surface area (Å²) >= 11 is 1.52. The highest BCUT2D eigenvalue weighted by Gasteiger charge is 2.29. The maximum absolute atomic E-state index is 12.6. The van der Waals surface area contributed by atoms with Gasteiger partial charge in [-0.05, 0) is 35.6 Å². The summed E-state index contributed by atoms with van der Waals surface area (Å²) in [7, 11) is 0. The highest BCUT2D eigenvalue weighted by molar-refractivity contribution is 7.13. The fourth-order valence-electron chi connectivity index (χ4n) is 4.49. The van der Waals surface area contributed by atoms with Crippen molar-refractivity contribution in [2.75, 3.05) is 0 Å². The molecule has 34 heavy (non-hydrogen) atoms. The lowest BCUT2D eigenvalue weighted by atomic mass is 9.86. The van der Waals surface area contributed by atoms with Crippen LogP contribution in [0.1, 0.15) is 41.4 Å². The van der Waals surface area contributed by atoms with Gasteiger partial charge < -0.3 is 14.4 Å². The lowest BCUT2D eigenvalue weighted by Gasteiger charge is -2.34. The van der Waals surface area contributed by atoms with E-state index in [0.717, 1.165) is 38.7 Å². The fourth-order valence-corrected chi connectivity index (χ4v) is 5.15. The van der Waals surface area contributed by atoms with Crippen LogP contribution in [-0.4, -0.2) is 20.6 Å². The second kappa shape index (κ2) is 8.91. The summed E-state index contributed by atoms with van der Waals surface area (Å²) in [6.45, 7) is 4.65. The number of ether oxygens (including phenoxy) is 1. The molecule has 0 spiro atoms. The van der Waals surface area contributed by atoms with Gasteiger partial charge in [-0.3, -0.25) is 4.79 Å². The molecule has 1 atom stereocenters. The molecule has 1 aliphatic heterocycles. The number of rotatable bonds is 6. The second-order valence-corrected chi connectivity index (χ2v) is 9.68. The zero-order valence-electron chi connectivity index (χ0n) is 18.9. The molecule has 0 saturated carbocycles. The minimum atomic E-state index is -1.21. The van der Waals surface area contributed by atoms with Crippen LogP contribution in [0, 0.1) is 5.92 Å². The zero-order chi connectivity index (χ0) is 23.8. The molecule has 6 nitrogen and oxygen atoms in total. The van der Waals surface area contributed by atoms with E-state index >= 15 is 0 Å². The van der Waals surface area contributed by atoms with E-state index in [1.165, 1.54) is 23.6 Å². The molecule has 0 amide bonds. The van der Waals surface area contributed by atoms with Gasteiger partial charge in [-0.25, -0.2) is 9.78 Å². The molecule has 7 heteroatoms. The monoisotopic (exact) mass is 472 g/mol. The van der Waals surface area contributed by atoms with Crippen molar-refractivity contribution >= 4 is 17.3 Å². The van der Waals surface area contributed by atoms with Gasteiger partial charge in [-0.1, -0.05) is 44.2 Å². The van der Waals surface area contributed by atoms with E-state index in [1.54, 1.807) is 6.20 Å². The molecule has 1 unspecified atom stereocenters. The number of pyridine rings is 1. The van der Waals surface area contributed by atoms with Crippen LogP contribution in [0.5, 0.6) is 5.75 Å². The number of nitrogens with zero attached hydrogens (tertiary/aromatic N) is 2. The Balaban J connectivity index is 1.67. The molecule has 2 aromatic heterocycles. The van der Waals surface area contributed by atoms with Crippen molar-refractivity contribution < 1.29 is 14.6 Å². The van der Waals surface area contributed by atoms with Gasteiger partial charge in [0.15, 0.2) is 5.43 Å². The average Bonchev–Trinajstić information content (AvgIpc) is 3.36. The molecule has 0 bridgehead atoms. The van der Waals surface area contributed by atoms with Crippen LogP contribution >= 0.6 is 11.3 Å². The molecule has 0 saturated heterocycles. The number of hydrogen-bond acceptors (Lipinski definition) is 5. The minimum absolute atomic E-state index is 0.0221. The van der Waals surface area contributed by atoms with Crippen LogP contribution in [0.4, 0.5) is 0 Å². The fraction of sp³-hybridized carbons (Fsp3) is 0.222. The Bertz CT molecular complexity index is 1410. The Morgan fingerprint density at radius 3 is 2.68 bits per heavy atom. The van der Waals surface area contributed by atoms with Crippen LogP contribution < -0.4 is 10.2 Å². The number of thiazole rings is 1. The normalized spacial score (nSPS) is 14.5. The Labute approximate surface area is 201 Å². The standard InChI is InChI=1S/C27H24N2O4S/c1-16(2)22-10-18-11-25(33-15-17-6-4-3-5-7-17)20(26-28-8-9-34-26)12-19(18)23-13-24(30)21(27(31)32)14-29(22)23/h3-9,11-14,16,22H,10,15H2,1-2H3,(H,31,32). The van der Waals surface area contributed by atoms with E-state index < -0.39 is 11.4 Å². The molecule has 0 fully saturated rings. The summed E-state index contributed by atoms with van der Waals surface area (Å²) in [5.41, 5.74) is 3.93. The van der Waals surface area contributed by atoms with Gasteiger partial charge in [0.05, 0.1) is 11.3 Å². The lowest BCUT2D eigenvalue weighted by molar-refractivity contribution is 0.0694.